The molecule has 1 aliphatic rings. The van der Waals surface area contributed by atoms with Gasteiger partial charge in [0.1, 0.15) is 5.54 Å². The molecule has 1 aromatic carbocycles. The first-order valence-electron chi connectivity index (χ1n) is 7.18. The molecule has 0 bridgehead atoms. The lowest BCUT2D eigenvalue weighted by Gasteiger charge is -2.23. The number of nitrogens with one attached hydrogen (secondary N) is 1. The molecule has 1 unspecified atom stereocenters. The van der Waals surface area contributed by atoms with Crippen LogP contribution in [-0.4, -0.2) is 27.5 Å². The number of hydrogen-bond donors (Lipinski definition) is 2. The maximum atomic E-state index is 12.5. The molecule has 3 amide bonds. The van der Waals surface area contributed by atoms with E-state index in [1.54, 1.807) is 19.1 Å². The van der Waals surface area contributed by atoms with Crippen molar-refractivity contribution in [1.82, 2.24) is 10.2 Å². The van der Waals surface area contributed by atoms with Gasteiger partial charge in [0.15, 0.2) is 0 Å². The van der Waals surface area contributed by atoms with Gasteiger partial charge in [0.25, 0.3) is 5.91 Å². The molecule has 2 rings (SSSR count). The van der Waals surface area contributed by atoms with Gasteiger partial charge in [0.2, 0.25) is 0 Å². The first-order chi connectivity index (χ1) is 9.85. The summed E-state index contributed by atoms with van der Waals surface area (Å²) in [6.07, 6.45) is 0.623. The zero-order valence-electron chi connectivity index (χ0n) is 12.7. The number of aliphatic hydroxyl groups excluding tert-OH is 1. The topological polar surface area (TPSA) is 69.6 Å². The highest BCUT2D eigenvalue weighted by atomic mass is 16.3. The van der Waals surface area contributed by atoms with E-state index in [1.807, 2.05) is 26.0 Å². The van der Waals surface area contributed by atoms with Gasteiger partial charge in [-0.3, -0.25) is 9.69 Å². The summed E-state index contributed by atoms with van der Waals surface area (Å²) in [7, 11) is 0. The van der Waals surface area contributed by atoms with Crippen molar-refractivity contribution in [3.63, 3.8) is 0 Å². The van der Waals surface area contributed by atoms with Gasteiger partial charge in [-0.1, -0.05) is 38.1 Å². The van der Waals surface area contributed by atoms with Gasteiger partial charge in [-0.15, -0.1) is 0 Å². The summed E-state index contributed by atoms with van der Waals surface area (Å²) < 4.78 is 0. The monoisotopic (exact) mass is 290 g/mol. The Morgan fingerprint density at radius 1 is 1.19 bits per heavy atom. The fraction of sp³-hybridized carbons (Fsp3) is 0.500. The van der Waals surface area contributed by atoms with Crippen molar-refractivity contribution in [3.8, 4) is 0 Å². The molecule has 0 spiro atoms. The number of aliphatic hydroxyl groups is 1. The molecule has 0 radical (unpaired) electrons. The Morgan fingerprint density at radius 3 is 2.29 bits per heavy atom. The second kappa shape index (κ2) is 5.85. The van der Waals surface area contributed by atoms with E-state index in [1.165, 1.54) is 4.90 Å². The van der Waals surface area contributed by atoms with Gasteiger partial charge in [0.05, 0.1) is 13.2 Å². The van der Waals surface area contributed by atoms with Crippen LogP contribution < -0.4 is 5.32 Å². The second-order valence-electron chi connectivity index (χ2n) is 6.23. The van der Waals surface area contributed by atoms with Crippen LogP contribution in [0.15, 0.2) is 24.3 Å². The lowest BCUT2D eigenvalue weighted by Crippen LogP contribution is -2.44. The van der Waals surface area contributed by atoms with Crippen LogP contribution in [0.5, 0.6) is 0 Å². The summed E-state index contributed by atoms with van der Waals surface area (Å²) in [5.41, 5.74) is 0.862. The maximum absolute atomic E-state index is 12.5. The number of carbonyl (C=O) groups excluding carboxylic acids is 2. The Bertz CT molecular complexity index is 539. The SMILES string of the molecule is CC(C)CC1(C)NC(=O)N(Cc2ccc(CO)cc2)C1=O. The van der Waals surface area contributed by atoms with Crippen molar-refractivity contribution in [2.45, 2.75) is 45.9 Å². The van der Waals surface area contributed by atoms with Crippen molar-refractivity contribution in [1.29, 1.82) is 0 Å². The molecular formula is C16H22N2O3. The Labute approximate surface area is 125 Å². The molecule has 114 valence electrons. The minimum absolute atomic E-state index is 0.0180. The van der Waals surface area contributed by atoms with Gasteiger partial charge in [-0.05, 0) is 30.4 Å². The van der Waals surface area contributed by atoms with Crippen LogP contribution in [0.1, 0.15) is 38.3 Å². The largest absolute Gasteiger partial charge is 0.392 e. The number of urea groups is 1. The van der Waals surface area contributed by atoms with E-state index in [0.29, 0.717) is 12.3 Å². The Morgan fingerprint density at radius 2 is 1.76 bits per heavy atom. The van der Waals surface area contributed by atoms with E-state index in [2.05, 4.69) is 5.32 Å². The number of rotatable bonds is 5. The van der Waals surface area contributed by atoms with E-state index in [0.717, 1.165) is 11.1 Å². The first-order valence-corrected chi connectivity index (χ1v) is 7.18. The molecule has 0 aromatic heterocycles. The third-order valence-corrected chi connectivity index (χ3v) is 3.71. The highest BCUT2D eigenvalue weighted by Crippen LogP contribution is 2.26. The number of nitrogens with zero attached hydrogens (tertiary/aromatic N) is 1. The molecule has 0 saturated carbocycles. The molecule has 1 atom stereocenters. The van der Waals surface area contributed by atoms with E-state index < -0.39 is 5.54 Å². The molecule has 2 N–H and O–H groups in total. The van der Waals surface area contributed by atoms with Gasteiger partial charge in [-0.2, -0.15) is 0 Å². The Kier molecular flexibility index (Phi) is 4.32. The van der Waals surface area contributed by atoms with Crippen LogP contribution in [-0.2, 0) is 17.9 Å². The molecule has 1 aliphatic heterocycles. The lowest BCUT2D eigenvalue weighted by molar-refractivity contribution is -0.131. The van der Waals surface area contributed by atoms with Crippen molar-refractivity contribution < 1.29 is 14.7 Å². The number of imide groups is 1. The minimum atomic E-state index is -0.809. The zero-order valence-corrected chi connectivity index (χ0v) is 12.7. The van der Waals surface area contributed by atoms with Crippen LogP contribution >= 0.6 is 0 Å². The van der Waals surface area contributed by atoms with Gasteiger partial charge < -0.3 is 10.4 Å². The molecular weight excluding hydrogens is 268 g/mol. The van der Waals surface area contributed by atoms with Crippen LogP contribution in [0.25, 0.3) is 0 Å². The van der Waals surface area contributed by atoms with Crippen LogP contribution in [0.3, 0.4) is 0 Å². The van der Waals surface area contributed by atoms with Crippen LogP contribution in [0.2, 0.25) is 0 Å². The van der Waals surface area contributed by atoms with Gasteiger partial charge in [-0.25, -0.2) is 4.79 Å². The van der Waals surface area contributed by atoms with Crippen molar-refractivity contribution in [3.05, 3.63) is 35.4 Å². The molecule has 5 heteroatoms. The first kappa shape index (κ1) is 15.5. The summed E-state index contributed by atoms with van der Waals surface area (Å²) >= 11 is 0. The summed E-state index contributed by atoms with van der Waals surface area (Å²) in [4.78, 5) is 25.8. The molecule has 1 heterocycles. The molecule has 1 saturated heterocycles. The summed E-state index contributed by atoms with van der Waals surface area (Å²) in [5.74, 6) is 0.149. The zero-order chi connectivity index (χ0) is 15.6. The fourth-order valence-electron chi connectivity index (χ4n) is 2.78. The van der Waals surface area contributed by atoms with Crippen molar-refractivity contribution in [2.75, 3.05) is 0 Å². The molecule has 1 fully saturated rings. The second-order valence-corrected chi connectivity index (χ2v) is 6.23. The number of carbonyl (C=O) groups is 2. The van der Waals surface area contributed by atoms with Crippen molar-refractivity contribution >= 4 is 11.9 Å². The quantitative estimate of drug-likeness (QED) is 0.815. The maximum Gasteiger partial charge on any atom is 0.325 e. The molecule has 0 aliphatic carbocycles. The smallest absolute Gasteiger partial charge is 0.325 e. The Balaban J connectivity index is 2.13. The average molecular weight is 290 g/mol. The number of benzene rings is 1. The summed E-state index contributed by atoms with van der Waals surface area (Å²) in [5, 5.41) is 11.8. The normalized spacial score (nSPS) is 22.0. The third kappa shape index (κ3) is 3.24. The number of amides is 3. The van der Waals surface area contributed by atoms with E-state index in [9.17, 15) is 9.59 Å². The standard InChI is InChI=1S/C16H22N2O3/c1-11(2)8-16(3)14(20)18(15(21)17-16)9-12-4-6-13(10-19)7-5-12/h4-7,11,19H,8-10H2,1-3H3,(H,17,21). The van der Waals surface area contributed by atoms with Crippen LogP contribution in [0.4, 0.5) is 4.79 Å². The lowest BCUT2D eigenvalue weighted by atomic mass is 9.91. The average Bonchev–Trinajstić information content (AvgIpc) is 2.62. The van der Waals surface area contributed by atoms with Gasteiger partial charge in [0, 0.05) is 0 Å². The van der Waals surface area contributed by atoms with Crippen LogP contribution in [0, 0.1) is 5.92 Å². The van der Waals surface area contributed by atoms with Gasteiger partial charge >= 0.3 is 6.03 Å². The van der Waals surface area contributed by atoms with E-state index >= 15 is 0 Å². The molecule has 1 aromatic rings. The predicted molar refractivity (Wildman–Crippen MR) is 79.3 cm³/mol. The molecule has 21 heavy (non-hydrogen) atoms. The summed E-state index contributed by atoms with van der Waals surface area (Å²) in [6.45, 7) is 6.07. The minimum Gasteiger partial charge on any atom is -0.392 e. The van der Waals surface area contributed by atoms with Crippen molar-refractivity contribution in [2.24, 2.45) is 5.92 Å². The molecule has 5 nitrogen and oxygen atoms in total. The fourth-order valence-corrected chi connectivity index (χ4v) is 2.78. The summed E-state index contributed by atoms with van der Waals surface area (Å²) in [6, 6.07) is 6.89. The number of hydrogen-bond acceptors (Lipinski definition) is 3. The van der Waals surface area contributed by atoms with E-state index in [4.69, 9.17) is 5.11 Å². The Hall–Kier alpha value is -1.88. The third-order valence-electron chi connectivity index (χ3n) is 3.71. The van der Waals surface area contributed by atoms with E-state index in [-0.39, 0.29) is 25.1 Å². The highest BCUT2D eigenvalue weighted by Gasteiger charge is 2.47. The predicted octanol–water partition coefficient (Wildman–Crippen LogP) is 2.04. The highest BCUT2D eigenvalue weighted by molar-refractivity contribution is 6.06.